The Morgan fingerprint density at radius 3 is 3.20 bits per heavy atom. The van der Waals surface area contributed by atoms with Crippen molar-refractivity contribution in [3.05, 3.63) is 12.3 Å². The molecular formula is C11H18BrNO2. The van der Waals surface area contributed by atoms with Gasteiger partial charge in [-0.15, -0.1) is 0 Å². The molecule has 0 aromatic heterocycles. The molecule has 4 heteroatoms. The first-order chi connectivity index (χ1) is 7.24. The Morgan fingerprint density at radius 2 is 2.47 bits per heavy atom. The van der Waals surface area contributed by atoms with Crippen LogP contribution in [0.2, 0.25) is 0 Å². The van der Waals surface area contributed by atoms with E-state index in [9.17, 15) is 4.79 Å². The number of rotatable bonds is 3. The van der Waals surface area contributed by atoms with Crippen molar-refractivity contribution >= 4 is 22.0 Å². The van der Waals surface area contributed by atoms with Gasteiger partial charge in [-0.25, -0.2) is 4.79 Å². The Labute approximate surface area is 99.6 Å². The maximum absolute atomic E-state index is 11.6. The Bertz CT molecular complexity index is 231. The van der Waals surface area contributed by atoms with Crippen LogP contribution in [0.1, 0.15) is 32.6 Å². The molecule has 1 heterocycles. The summed E-state index contributed by atoms with van der Waals surface area (Å²) >= 11 is 3.54. The van der Waals surface area contributed by atoms with E-state index in [4.69, 9.17) is 4.74 Å². The fraction of sp³-hybridized carbons (Fsp3) is 0.727. The van der Waals surface area contributed by atoms with Crippen LogP contribution < -0.4 is 0 Å². The second kappa shape index (κ2) is 6.88. The zero-order valence-corrected chi connectivity index (χ0v) is 10.7. The summed E-state index contributed by atoms with van der Waals surface area (Å²) < 4.78 is 5.14. The summed E-state index contributed by atoms with van der Waals surface area (Å²) in [5.41, 5.74) is 0. The minimum absolute atomic E-state index is 0.231. The van der Waals surface area contributed by atoms with Crippen molar-refractivity contribution in [2.45, 2.75) is 37.4 Å². The van der Waals surface area contributed by atoms with Gasteiger partial charge in [-0.3, -0.25) is 4.90 Å². The molecule has 0 saturated heterocycles. The van der Waals surface area contributed by atoms with Crippen molar-refractivity contribution in [3.63, 3.8) is 0 Å². The number of hydrogen-bond donors (Lipinski definition) is 0. The molecule has 0 bridgehead atoms. The molecule has 0 N–H and O–H groups in total. The van der Waals surface area contributed by atoms with Crippen LogP contribution in [0.3, 0.4) is 0 Å². The van der Waals surface area contributed by atoms with Crippen molar-refractivity contribution in [2.24, 2.45) is 0 Å². The average molecular weight is 276 g/mol. The summed E-state index contributed by atoms with van der Waals surface area (Å²) in [6.45, 7) is 3.29. The van der Waals surface area contributed by atoms with Crippen LogP contribution in [0, 0.1) is 0 Å². The Hall–Kier alpha value is -0.510. The fourth-order valence-corrected chi connectivity index (χ4v) is 1.94. The van der Waals surface area contributed by atoms with E-state index in [0.717, 1.165) is 25.7 Å². The van der Waals surface area contributed by atoms with Gasteiger partial charge in [-0.1, -0.05) is 35.4 Å². The number of alkyl halides is 1. The minimum Gasteiger partial charge on any atom is -0.449 e. The molecule has 3 nitrogen and oxygen atoms in total. The predicted molar refractivity (Wildman–Crippen MR) is 64.1 cm³/mol. The Balaban J connectivity index is 2.36. The van der Waals surface area contributed by atoms with E-state index in [2.05, 4.69) is 22.9 Å². The van der Waals surface area contributed by atoms with Crippen LogP contribution in [0.4, 0.5) is 4.79 Å². The summed E-state index contributed by atoms with van der Waals surface area (Å²) in [6, 6.07) is 0. The third-order valence-electron chi connectivity index (χ3n) is 2.28. The summed E-state index contributed by atoms with van der Waals surface area (Å²) in [4.78, 5) is 13.6. The van der Waals surface area contributed by atoms with Crippen LogP contribution in [-0.4, -0.2) is 29.0 Å². The molecule has 1 aliphatic heterocycles. The largest absolute Gasteiger partial charge is 0.449 e. The lowest BCUT2D eigenvalue weighted by atomic mass is 10.2. The lowest BCUT2D eigenvalue weighted by molar-refractivity contribution is 0.116. The molecule has 0 aromatic carbocycles. The molecule has 0 saturated carbocycles. The maximum atomic E-state index is 11.6. The Kier molecular flexibility index (Phi) is 5.76. The number of unbranched alkanes of at least 4 members (excludes halogenated alkanes) is 1. The van der Waals surface area contributed by atoms with Gasteiger partial charge in [-0.2, -0.15) is 0 Å². The van der Waals surface area contributed by atoms with E-state index in [1.807, 2.05) is 12.3 Å². The zero-order chi connectivity index (χ0) is 11.1. The summed E-state index contributed by atoms with van der Waals surface area (Å²) in [5, 5.41) is 0. The molecule has 0 radical (unpaired) electrons. The molecule has 15 heavy (non-hydrogen) atoms. The molecule has 0 aliphatic carbocycles. The molecule has 1 unspecified atom stereocenters. The van der Waals surface area contributed by atoms with E-state index in [1.165, 1.54) is 0 Å². The predicted octanol–water partition coefficient (Wildman–Crippen LogP) is 3.30. The number of halogens is 1. The summed E-state index contributed by atoms with van der Waals surface area (Å²) in [5.74, 6) is 0. The van der Waals surface area contributed by atoms with Gasteiger partial charge in [0.05, 0.1) is 6.61 Å². The molecule has 1 rings (SSSR count). The third kappa shape index (κ3) is 4.69. The summed E-state index contributed by atoms with van der Waals surface area (Å²) in [7, 11) is 0. The van der Waals surface area contributed by atoms with Gasteiger partial charge in [0.2, 0.25) is 0 Å². The first kappa shape index (κ1) is 12.6. The van der Waals surface area contributed by atoms with E-state index in [0.29, 0.717) is 18.0 Å². The average Bonchev–Trinajstić information content (AvgIpc) is 2.43. The number of carbonyl (C=O) groups is 1. The highest BCUT2D eigenvalue weighted by Crippen LogP contribution is 2.15. The van der Waals surface area contributed by atoms with Crippen molar-refractivity contribution < 1.29 is 9.53 Å². The minimum atomic E-state index is -0.231. The first-order valence-corrected chi connectivity index (χ1v) is 6.39. The smallest absolute Gasteiger partial charge is 0.413 e. The van der Waals surface area contributed by atoms with Gasteiger partial charge < -0.3 is 4.74 Å². The number of carbonyl (C=O) groups excluding carboxylic acids is 1. The van der Waals surface area contributed by atoms with Crippen molar-refractivity contribution in [2.75, 3.05) is 13.2 Å². The van der Waals surface area contributed by atoms with Crippen molar-refractivity contribution in [1.82, 2.24) is 4.90 Å². The van der Waals surface area contributed by atoms with E-state index in [-0.39, 0.29) is 6.09 Å². The Morgan fingerprint density at radius 1 is 1.67 bits per heavy atom. The molecule has 86 valence electrons. The summed E-state index contributed by atoms with van der Waals surface area (Å²) in [6.07, 6.45) is 7.67. The SMILES string of the molecule is CCCCOC(=O)N1C=CCCC(Br)C1. The topological polar surface area (TPSA) is 29.5 Å². The monoisotopic (exact) mass is 275 g/mol. The number of allylic oxidation sites excluding steroid dienone is 1. The maximum Gasteiger partial charge on any atom is 0.413 e. The highest BCUT2D eigenvalue weighted by Gasteiger charge is 2.17. The normalized spacial score (nSPS) is 21.2. The molecule has 1 atom stereocenters. The molecular weight excluding hydrogens is 258 g/mol. The van der Waals surface area contributed by atoms with Crippen LogP contribution in [0.25, 0.3) is 0 Å². The van der Waals surface area contributed by atoms with Gasteiger partial charge in [0.15, 0.2) is 0 Å². The standard InChI is InChI=1S/C11H18BrNO2/c1-2-3-8-15-11(14)13-7-5-4-6-10(12)9-13/h5,7,10H,2-4,6,8-9H2,1H3. The van der Waals surface area contributed by atoms with Gasteiger partial charge in [0.1, 0.15) is 0 Å². The number of ether oxygens (including phenoxy) is 1. The molecule has 0 spiro atoms. The highest BCUT2D eigenvalue weighted by molar-refractivity contribution is 9.09. The van der Waals surface area contributed by atoms with Gasteiger partial charge in [0.25, 0.3) is 0 Å². The quantitative estimate of drug-likeness (QED) is 0.584. The van der Waals surface area contributed by atoms with Crippen LogP contribution in [-0.2, 0) is 4.74 Å². The van der Waals surface area contributed by atoms with Gasteiger partial charge in [0, 0.05) is 17.6 Å². The lowest BCUT2D eigenvalue weighted by Gasteiger charge is -2.18. The number of amides is 1. The number of hydrogen-bond acceptors (Lipinski definition) is 2. The van der Waals surface area contributed by atoms with Gasteiger partial charge >= 0.3 is 6.09 Å². The first-order valence-electron chi connectivity index (χ1n) is 5.48. The van der Waals surface area contributed by atoms with E-state index < -0.39 is 0 Å². The molecule has 0 fully saturated rings. The molecule has 0 aromatic rings. The number of nitrogens with zero attached hydrogens (tertiary/aromatic N) is 1. The van der Waals surface area contributed by atoms with E-state index in [1.54, 1.807) is 4.90 Å². The van der Waals surface area contributed by atoms with Gasteiger partial charge in [-0.05, 0) is 19.3 Å². The lowest BCUT2D eigenvalue weighted by Crippen LogP contribution is -2.31. The van der Waals surface area contributed by atoms with E-state index >= 15 is 0 Å². The van der Waals surface area contributed by atoms with Crippen LogP contribution in [0.15, 0.2) is 12.3 Å². The highest BCUT2D eigenvalue weighted by atomic mass is 79.9. The zero-order valence-electron chi connectivity index (χ0n) is 9.12. The molecule has 1 aliphatic rings. The second-order valence-electron chi connectivity index (χ2n) is 3.68. The molecule has 1 amide bonds. The van der Waals surface area contributed by atoms with Crippen LogP contribution in [0.5, 0.6) is 0 Å². The third-order valence-corrected chi connectivity index (χ3v) is 3.03. The van der Waals surface area contributed by atoms with Crippen molar-refractivity contribution in [1.29, 1.82) is 0 Å². The van der Waals surface area contributed by atoms with Crippen molar-refractivity contribution in [3.8, 4) is 0 Å². The second-order valence-corrected chi connectivity index (χ2v) is 4.97. The van der Waals surface area contributed by atoms with Crippen LogP contribution >= 0.6 is 15.9 Å². The fourth-order valence-electron chi connectivity index (χ4n) is 1.37.